The van der Waals surface area contributed by atoms with Gasteiger partial charge in [0.2, 0.25) is 11.8 Å². The van der Waals surface area contributed by atoms with Crippen LogP contribution in [0.15, 0.2) is 53.9 Å². The SMILES string of the molecule is Cc1[nH]nc2c1[C@H](c1ccc(OCc3cccc([N+](=O)[O-])c3)c(Cl)c1)C(C#N)=C(N)O2. The van der Waals surface area contributed by atoms with Crippen LogP contribution in [0.2, 0.25) is 5.02 Å². The van der Waals surface area contributed by atoms with E-state index in [1.54, 1.807) is 30.3 Å². The summed E-state index contributed by atoms with van der Waals surface area (Å²) in [6.45, 7) is 1.94. The summed E-state index contributed by atoms with van der Waals surface area (Å²) in [5, 5.41) is 27.8. The summed E-state index contributed by atoms with van der Waals surface area (Å²) in [7, 11) is 0. The second-order valence-corrected chi connectivity index (χ2v) is 7.30. The fourth-order valence-corrected chi connectivity index (χ4v) is 3.71. The fraction of sp³-hybridized carbons (Fsp3) is 0.143. The third-order valence-corrected chi connectivity index (χ3v) is 5.23. The molecule has 3 aromatic rings. The third-order valence-electron chi connectivity index (χ3n) is 4.93. The Labute approximate surface area is 181 Å². The number of aromatic amines is 1. The molecular formula is C21H16ClN5O4. The van der Waals surface area contributed by atoms with E-state index in [1.165, 1.54) is 12.1 Å². The number of nitrogens with two attached hydrogens (primary N) is 1. The number of allylic oxidation sites excluding steroid dienone is 1. The van der Waals surface area contributed by atoms with Gasteiger partial charge in [0.15, 0.2) is 0 Å². The van der Waals surface area contributed by atoms with E-state index < -0.39 is 10.8 Å². The molecular weight excluding hydrogens is 422 g/mol. The molecule has 2 heterocycles. The van der Waals surface area contributed by atoms with E-state index in [0.717, 1.165) is 11.3 Å². The van der Waals surface area contributed by atoms with Gasteiger partial charge in [-0.15, -0.1) is 5.10 Å². The molecule has 1 aliphatic heterocycles. The van der Waals surface area contributed by atoms with Gasteiger partial charge in [-0.25, -0.2) is 0 Å². The molecule has 0 fully saturated rings. The summed E-state index contributed by atoms with van der Waals surface area (Å²) in [5.41, 5.74) is 9.01. The van der Waals surface area contributed by atoms with Gasteiger partial charge in [0.1, 0.15) is 24.0 Å². The molecule has 0 saturated heterocycles. The zero-order valence-electron chi connectivity index (χ0n) is 16.3. The van der Waals surface area contributed by atoms with E-state index in [4.69, 9.17) is 26.8 Å². The molecule has 0 saturated carbocycles. The summed E-state index contributed by atoms with van der Waals surface area (Å²) in [5.74, 6) is 0.231. The molecule has 0 unspecified atom stereocenters. The summed E-state index contributed by atoms with van der Waals surface area (Å²) >= 11 is 6.45. The van der Waals surface area contributed by atoms with E-state index in [0.29, 0.717) is 27.8 Å². The van der Waals surface area contributed by atoms with Gasteiger partial charge in [-0.05, 0) is 30.2 Å². The lowest BCUT2D eigenvalue weighted by Gasteiger charge is -2.24. The van der Waals surface area contributed by atoms with E-state index in [-0.39, 0.29) is 23.8 Å². The maximum Gasteiger partial charge on any atom is 0.269 e. The van der Waals surface area contributed by atoms with E-state index in [9.17, 15) is 15.4 Å². The number of H-pyrrole nitrogens is 1. The highest BCUT2D eigenvalue weighted by Crippen LogP contribution is 2.44. The van der Waals surface area contributed by atoms with E-state index in [2.05, 4.69) is 16.3 Å². The van der Waals surface area contributed by atoms with Gasteiger partial charge in [0.25, 0.3) is 5.69 Å². The zero-order valence-corrected chi connectivity index (χ0v) is 17.0. The number of nitriles is 1. The van der Waals surface area contributed by atoms with E-state index >= 15 is 0 Å². The van der Waals surface area contributed by atoms with Crippen LogP contribution >= 0.6 is 11.6 Å². The third kappa shape index (κ3) is 3.76. The topological polar surface area (TPSA) is 140 Å². The second-order valence-electron chi connectivity index (χ2n) is 6.90. The van der Waals surface area contributed by atoms with Crippen LogP contribution in [0.1, 0.15) is 28.3 Å². The molecule has 0 aliphatic carbocycles. The first-order valence-corrected chi connectivity index (χ1v) is 9.55. The maximum atomic E-state index is 10.9. The first-order chi connectivity index (χ1) is 14.9. The number of aryl methyl sites for hydroxylation is 1. The molecule has 1 aliphatic rings. The molecule has 2 aromatic carbocycles. The van der Waals surface area contributed by atoms with Gasteiger partial charge in [-0.2, -0.15) is 5.26 Å². The smallest absolute Gasteiger partial charge is 0.269 e. The normalized spacial score (nSPS) is 15.1. The van der Waals surface area contributed by atoms with Crippen molar-refractivity contribution in [2.24, 2.45) is 5.73 Å². The number of nitrogens with zero attached hydrogens (tertiary/aromatic N) is 3. The minimum absolute atomic E-state index is 0.00591. The van der Waals surface area contributed by atoms with Crippen LogP contribution in [-0.2, 0) is 6.61 Å². The lowest BCUT2D eigenvalue weighted by Crippen LogP contribution is -2.21. The monoisotopic (exact) mass is 437 g/mol. The number of nitro groups is 1. The highest BCUT2D eigenvalue weighted by Gasteiger charge is 2.34. The first-order valence-electron chi connectivity index (χ1n) is 9.17. The molecule has 0 amide bonds. The van der Waals surface area contributed by atoms with Crippen LogP contribution in [0.3, 0.4) is 0 Å². The van der Waals surface area contributed by atoms with Gasteiger partial charge in [-0.3, -0.25) is 15.2 Å². The van der Waals surface area contributed by atoms with Gasteiger partial charge in [0.05, 0.1) is 15.9 Å². The number of ether oxygens (including phenoxy) is 2. The van der Waals surface area contributed by atoms with Gasteiger partial charge < -0.3 is 15.2 Å². The maximum absolute atomic E-state index is 10.9. The molecule has 0 bridgehead atoms. The van der Waals surface area contributed by atoms with Crippen molar-refractivity contribution in [2.75, 3.05) is 0 Å². The van der Waals surface area contributed by atoms with Crippen LogP contribution < -0.4 is 15.2 Å². The molecule has 1 aromatic heterocycles. The molecule has 0 radical (unpaired) electrons. The van der Waals surface area contributed by atoms with Crippen LogP contribution in [0.4, 0.5) is 5.69 Å². The van der Waals surface area contributed by atoms with Crippen molar-refractivity contribution in [1.29, 1.82) is 5.26 Å². The van der Waals surface area contributed by atoms with Crippen molar-refractivity contribution in [3.63, 3.8) is 0 Å². The van der Waals surface area contributed by atoms with Crippen molar-refractivity contribution in [3.05, 3.63) is 91.4 Å². The van der Waals surface area contributed by atoms with Crippen LogP contribution in [-0.4, -0.2) is 15.1 Å². The number of nitro benzene ring substituents is 1. The molecule has 31 heavy (non-hydrogen) atoms. The number of benzene rings is 2. The van der Waals surface area contributed by atoms with Gasteiger partial charge in [0, 0.05) is 23.4 Å². The standard InChI is InChI=1S/C21H16ClN5O4/c1-11-18-19(15(9-23)20(24)31-21(18)26-25-11)13-5-6-17(16(22)8-13)30-10-12-3-2-4-14(7-12)27(28)29/h2-8,19H,10,24H2,1H3,(H,25,26)/t19-/m1/s1. The Morgan fingerprint density at radius 2 is 2.19 bits per heavy atom. The van der Waals surface area contributed by atoms with Gasteiger partial charge >= 0.3 is 0 Å². The van der Waals surface area contributed by atoms with Crippen molar-refractivity contribution in [3.8, 4) is 17.7 Å². The Morgan fingerprint density at radius 3 is 2.90 bits per heavy atom. The summed E-state index contributed by atoms with van der Waals surface area (Å²) in [4.78, 5) is 10.5. The molecule has 9 nitrogen and oxygen atoms in total. The first kappa shape index (κ1) is 20.3. The molecule has 156 valence electrons. The summed E-state index contributed by atoms with van der Waals surface area (Å²) < 4.78 is 11.2. The average Bonchev–Trinajstić information content (AvgIpc) is 3.12. The minimum Gasteiger partial charge on any atom is -0.487 e. The molecule has 1 atom stereocenters. The highest BCUT2D eigenvalue weighted by atomic mass is 35.5. The predicted octanol–water partition coefficient (Wildman–Crippen LogP) is 4.08. The van der Waals surface area contributed by atoms with Crippen molar-refractivity contribution < 1.29 is 14.4 Å². The number of rotatable bonds is 5. The Hall–Kier alpha value is -4.03. The summed E-state index contributed by atoms with van der Waals surface area (Å²) in [6, 6.07) is 13.5. The number of non-ortho nitro benzene ring substituents is 1. The Balaban J connectivity index is 1.62. The Bertz CT molecular complexity index is 1260. The fourth-order valence-electron chi connectivity index (χ4n) is 3.47. The predicted molar refractivity (Wildman–Crippen MR) is 112 cm³/mol. The zero-order chi connectivity index (χ0) is 22.1. The second kappa shape index (κ2) is 8.01. The van der Waals surface area contributed by atoms with Gasteiger partial charge in [-0.1, -0.05) is 29.8 Å². The minimum atomic E-state index is -0.490. The van der Waals surface area contributed by atoms with Crippen molar-refractivity contribution >= 4 is 17.3 Å². The van der Waals surface area contributed by atoms with Crippen LogP contribution in [0.25, 0.3) is 0 Å². The lowest BCUT2D eigenvalue weighted by atomic mass is 9.84. The molecule has 0 spiro atoms. The number of fused-ring (bicyclic) bond motifs is 1. The molecule has 10 heteroatoms. The largest absolute Gasteiger partial charge is 0.487 e. The van der Waals surface area contributed by atoms with E-state index in [1.807, 2.05) is 6.92 Å². The molecule has 4 rings (SSSR count). The number of halogens is 1. The quantitative estimate of drug-likeness (QED) is 0.452. The average molecular weight is 438 g/mol. The number of hydrogen-bond acceptors (Lipinski definition) is 7. The summed E-state index contributed by atoms with van der Waals surface area (Å²) in [6.07, 6.45) is 0. The number of hydrogen-bond donors (Lipinski definition) is 2. The van der Waals surface area contributed by atoms with Crippen LogP contribution in [0, 0.1) is 28.4 Å². The molecule has 3 N–H and O–H groups in total. The Kier molecular flexibility index (Phi) is 5.23. The van der Waals surface area contributed by atoms with Crippen molar-refractivity contribution in [2.45, 2.75) is 19.4 Å². The van der Waals surface area contributed by atoms with Crippen molar-refractivity contribution in [1.82, 2.24) is 10.2 Å². The number of nitrogens with one attached hydrogen (secondary N) is 1. The van der Waals surface area contributed by atoms with Crippen LogP contribution in [0.5, 0.6) is 11.6 Å². The Morgan fingerprint density at radius 1 is 1.39 bits per heavy atom. The highest BCUT2D eigenvalue weighted by molar-refractivity contribution is 6.32. The lowest BCUT2D eigenvalue weighted by molar-refractivity contribution is -0.384. The number of aromatic nitrogens is 2.